The van der Waals surface area contributed by atoms with Crippen LogP contribution < -0.4 is 5.32 Å². The molecule has 1 fully saturated rings. The van der Waals surface area contributed by atoms with E-state index in [0.717, 1.165) is 19.1 Å². The summed E-state index contributed by atoms with van der Waals surface area (Å²) >= 11 is 0. The average molecular weight is 272 g/mol. The molecule has 0 radical (unpaired) electrons. The van der Waals surface area contributed by atoms with Crippen molar-refractivity contribution in [3.05, 3.63) is 35.4 Å². The number of benzene rings is 1. The molecule has 0 aromatic heterocycles. The Hall–Kier alpha value is -0.860. The topological polar surface area (TPSA) is 15.3 Å². The monoisotopic (exact) mass is 272 g/mol. The van der Waals surface area contributed by atoms with Crippen molar-refractivity contribution >= 4 is 0 Å². The fourth-order valence-corrected chi connectivity index (χ4v) is 3.99. The van der Waals surface area contributed by atoms with Crippen LogP contribution in [0.25, 0.3) is 0 Å². The zero-order valence-electron chi connectivity index (χ0n) is 12.8. The first-order chi connectivity index (χ1) is 9.88. The van der Waals surface area contributed by atoms with Crippen molar-refractivity contribution in [1.82, 2.24) is 10.2 Å². The average Bonchev–Trinajstić information content (AvgIpc) is 2.50. The number of fused-ring (bicyclic) bond motifs is 1. The fourth-order valence-electron chi connectivity index (χ4n) is 3.99. The summed E-state index contributed by atoms with van der Waals surface area (Å²) in [7, 11) is 0. The number of likely N-dealkylation sites (tertiary alicyclic amines) is 1. The number of rotatable bonds is 4. The lowest BCUT2D eigenvalue weighted by Crippen LogP contribution is -2.44. The normalized spacial score (nSPS) is 27.2. The molecule has 1 N–H and O–H groups in total. The lowest BCUT2D eigenvalue weighted by molar-refractivity contribution is 0.129. The molecular weight excluding hydrogens is 244 g/mol. The Morgan fingerprint density at radius 1 is 1.25 bits per heavy atom. The standard InChI is InChI=1S/C18H28N2/c1-2-7-17-9-5-6-11-20(17)14-16-13-19-12-15-8-3-4-10-18(15)16/h3-4,8,10,16-17,19H,2,5-7,9,11-14H2,1H3. The van der Waals surface area contributed by atoms with Gasteiger partial charge in [-0.1, -0.05) is 44.0 Å². The van der Waals surface area contributed by atoms with E-state index in [1.54, 1.807) is 5.56 Å². The van der Waals surface area contributed by atoms with Gasteiger partial charge in [0.25, 0.3) is 0 Å². The molecule has 0 aliphatic carbocycles. The van der Waals surface area contributed by atoms with Crippen molar-refractivity contribution in [2.75, 3.05) is 19.6 Å². The first-order valence-electron chi connectivity index (χ1n) is 8.41. The van der Waals surface area contributed by atoms with E-state index >= 15 is 0 Å². The Labute approximate surface area is 123 Å². The summed E-state index contributed by atoms with van der Waals surface area (Å²) in [6.45, 7) is 7.07. The first kappa shape index (κ1) is 14.1. The molecule has 0 spiro atoms. The third-order valence-electron chi connectivity index (χ3n) is 5.03. The molecule has 20 heavy (non-hydrogen) atoms. The first-order valence-corrected chi connectivity index (χ1v) is 8.41. The van der Waals surface area contributed by atoms with Crippen LogP contribution in [0.1, 0.15) is 56.1 Å². The van der Waals surface area contributed by atoms with Gasteiger partial charge in [0.1, 0.15) is 0 Å². The summed E-state index contributed by atoms with van der Waals surface area (Å²) in [6.07, 6.45) is 6.93. The van der Waals surface area contributed by atoms with Gasteiger partial charge in [0, 0.05) is 31.6 Å². The Morgan fingerprint density at radius 3 is 3.05 bits per heavy atom. The second-order valence-corrected chi connectivity index (χ2v) is 6.46. The van der Waals surface area contributed by atoms with Crippen molar-refractivity contribution in [1.29, 1.82) is 0 Å². The maximum absolute atomic E-state index is 3.60. The van der Waals surface area contributed by atoms with Crippen molar-refractivity contribution in [2.24, 2.45) is 0 Å². The molecule has 2 heterocycles. The van der Waals surface area contributed by atoms with Crippen LogP contribution >= 0.6 is 0 Å². The smallest absolute Gasteiger partial charge is 0.0208 e. The summed E-state index contributed by atoms with van der Waals surface area (Å²) < 4.78 is 0. The van der Waals surface area contributed by atoms with Gasteiger partial charge in [0.05, 0.1) is 0 Å². The lowest BCUT2D eigenvalue weighted by atomic mass is 9.88. The molecule has 0 saturated carbocycles. The summed E-state index contributed by atoms with van der Waals surface area (Å²) in [5, 5.41) is 3.60. The molecule has 0 bridgehead atoms. The molecular formula is C18H28N2. The van der Waals surface area contributed by atoms with Gasteiger partial charge in [-0.15, -0.1) is 0 Å². The quantitative estimate of drug-likeness (QED) is 0.902. The second kappa shape index (κ2) is 6.73. The van der Waals surface area contributed by atoms with Gasteiger partial charge >= 0.3 is 0 Å². The number of hydrogen-bond donors (Lipinski definition) is 1. The summed E-state index contributed by atoms with van der Waals surface area (Å²) in [6, 6.07) is 9.84. The van der Waals surface area contributed by atoms with Gasteiger partial charge in [-0.3, -0.25) is 4.90 Å². The van der Waals surface area contributed by atoms with Crippen molar-refractivity contribution in [3.8, 4) is 0 Å². The van der Waals surface area contributed by atoms with Gasteiger partial charge < -0.3 is 5.32 Å². The molecule has 2 aliphatic rings. The summed E-state index contributed by atoms with van der Waals surface area (Å²) in [5.74, 6) is 0.678. The molecule has 1 saturated heterocycles. The fraction of sp³-hybridized carbons (Fsp3) is 0.667. The van der Waals surface area contributed by atoms with E-state index < -0.39 is 0 Å². The molecule has 2 heteroatoms. The minimum absolute atomic E-state index is 0.678. The number of nitrogens with one attached hydrogen (secondary N) is 1. The van der Waals surface area contributed by atoms with Crippen LogP contribution in [0, 0.1) is 0 Å². The van der Waals surface area contributed by atoms with Crippen LogP contribution in [-0.2, 0) is 6.54 Å². The van der Waals surface area contributed by atoms with Gasteiger partial charge in [0.2, 0.25) is 0 Å². The molecule has 2 aliphatic heterocycles. The molecule has 110 valence electrons. The predicted octanol–water partition coefficient (Wildman–Crippen LogP) is 3.53. The van der Waals surface area contributed by atoms with Crippen LogP contribution in [0.4, 0.5) is 0 Å². The zero-order valence-corrected chi connectivity index (χ0v) is 12.8. The third kappa shape index (κ3) is 3.07. The Balaban J connectivity index is 1.71. The molecule has 3 rings (SSSR count). The van der Waals surface area contributed by atoms with Gasteiger partial charge in [0.15, 0.2) is 0 Å². The number of hydrogen-bond acceptors (Lipinski definition) is 2. The van der Waals surface area contributed by atoms with Crippen molar-refractivity contribution in [3.63, 3.8) is 0 Å². The Bertz CT molecular complexity index is 427. The van der Waals surface area contributed by atoms with Crippen molar-refractivity contribution < 1.29 is 0 Å². The van der Waals surface area contributed by atoms with Crippen LogP contribution in [-0.4, -0.2) is 30.6 Å². The van der Waals surface area contributed by atoms with E-state index in [-0.39, 0.29) is 0 Å². The van der Waals surface area contributed by atoms with Crippen LogP contribution in [0.15, 0.2) is 24.3 Å². The summed E-state index contributed by atoms with van der Waals surface area (Å²) in [4.78, 5) is 2.78. The minimum atomic E-state index is 0.678. The molecule has 2 nitrogen and oxygen atoms in total. The largest absolute Gasteiger partial charge is 0.312 e. The van der Waals surface area contributed by atoms with Crippen LogP contribution in [0.2, 0.25) is 0 Å². The van der Waals surface area contributed by atoms with E-state index in [4.69, 9.17) is 0 Å². The van der Waals surface area contributed by atoms with Gasteiger partial charge in [-0.2, -0.15) is 0 Å². The molecule has 1 aromatic carbocycles. The highest BCUT2D eigenvalue weighted by Gasteiger charge is 2.27. The molecule has 2 atom stereocenters. The van der Waals surface area contributed by atoms with Crippen LogP contribution in [0.5, 0.6) is 0 Å². The molecule has 1 aromatic rings. The number of nitrogens with zero attached hydrogens (tertiary/aromatic N) is 1. The Kier molecular flexibility index (Phi) is 4.74. The SMILES string of the molecule is CCCC1CCCCN1CC1CNCc2ccccc21. The van der Waals surface area contributed by atoms with E-state index in [1.807, 2.05) is 0 Å². The highest BCUT2D eigenvalue weighted by atomic mass is 15.2. The van der Waals surface area contributed by atoms with E-state index in [9.17, 15) is 0 Å². The van der Waals surface area contributed by atoms with E-state index in [1.165, 1.54) is 50.8 Å². The maximum Gasteiger partial charge on any atom is 0.0208 e. The summed E-state index contributed by atoms with van der Waals surface area (Å²) in [5.41, 5.74) is 3.10. The highest BCUT2D eigenvalue weighted by Crippen LogP contribution is 2.28. The molecule has 2 unspecified atom stereocenters. The van der Waals surface area contributed by atoms with Gasteiger partial charge in [-0.05, 0) is 36.9 Å². The predicted molar refractivity (Wildman–Crippen MR) is 85.0 cm³/mol. The maximum atomic E-state index is 3.60. The minimum Gasteiger partial charge on any atom is -0.312 e. The van der Waals surface area contributed by atoms with E-state index in [0.29, 0.717) is 5.92 Å². The number of piperidine rings is 1. The van der Waals surface area contributed by atoms with Crippen molar-refractivity contribution in [2.45, 2.75) is 57.5 Å². The lowest BCUT2D eigenvalue weighted by Gasteiger charge is -2.39. The highest BCUT2D eigenvalue weighted by molar-refractivity contribution is 5.33. The van der Waals surface area contributed by atoms with E-state index in [2.05, 4.69) is 41.4 Å². The Morgan fingerprint density at radius 2 is 2.15 bits per heavy atom. The van der Waals surface area contributed by atoms with Gasteiger partial charge in [-0.25, -0.2) is 0 Å². The third-order valence-corrected chi connectivity index (χ3v) is 5.03. The second-order valence-electron chi connectivity index (χ2n) is 6.46. The zero-order chi connectivity index (χ0) is 13.8. The van der Waals surface area contributed by atoms with Crippen LogP contribution in [0.3, 0.4) is 0 Å². The molecule has 0 amide bonds.